The fourth-order valence-corrected chi connectivity index (χ4v) is 2.67. The number of benzene rings is 2. The van der Waals surface area contributed by atoms with Crippen molar-refractivity contribution in [2.45, 2.75) is 45.8 Å². The van der Waals surface area contributed by atoms with Gasteiger partial charge in [0.15, 0.2) is 0 Å². The lowest BCUT2D eigenvalue weighted by Crippen LogP contribution is -2.43. The summed E-state index contributed by atoms with van der Waals surface area (Å²) in [4.78, 5) is 14.5. The first-order valence-electron chi connectivity index (χ1n) is 8.74. The zero-order valence-corrected chi connectivity index (χ0v) is 15.4. The van der Waals surface area contributed by atoms with E-state index in [0.29, 0.717) is 6.54 Å². The van der Waals surface area contributed by atoms with Crippen LogP contribution in [0.25, 0.3) is 0 Å². The molecular weight excluding hydrogens is 315 g/mol. The second-order valence-corrected chi connectivity index (χ2v) is 6.54. The number of hydrogen-bond acceptors (Lipinski definition) is 2. The summed E-state index contributed by atoms with van der Waals surface area (Å²) in [6.07, 6.45) is 1.02. The Morgan fingerprint density at radius 1 is 1.04 bits per heavy atom. The summed E-state index contributed by atoms with van der Waals surface area (Å²) in [5.74, 6) is -0.311. The molecule has 0 bridgehead atoms. The molecule has 4 heteroatoms. The van der Waals surface area contributed by atoms with Crippen molar-refractivity contribution in [1.82, 2.24) is 10.2 Å². The van der Waals surface area contributed by atoms with Gasteiger partial charge in [-0.3, -0.25) is 9.69 Å². The van der Waals surface area contributed by atoms with Gasteiger partial charge in [-0.15, -0.1) is 0 Å². The molecule has 0 saturated heterocycles. The second-order valence-electron chi connectivity index (χ2n) is 6.54. The van der Waals surface area contributed by atoms with Crippen LogP contribution < -0.4 is 5.32 Å². The van der Waals surface area contributed by atoms with E-state index in [1.165, 1.54) is 23.3 Å². The van der Waals surface area contributed by atoms with Gasteiger partial charge in [-0.25, -0.2) is 4.39 Å². The SMILES string of the molecule is CCc1ccc(CN(C)C(C)C(=O)NC(C)c2ccc(F)cc2)cc1. The number of amides is 1. The normalized spacial score (nSPS) is 13.5. The second kappa shape index (κ2) is 8.77. The van der Waals surface area contributed by atoms with Crippen molar-refractivity contribution in [1.29, 1.82) is 0 Å². The van der Waals surface area contributed by atoms with Crippen LogP contribution in [-0.2, 0) is 17.8 Å². The van der Waals surface area contributed by atoms with E-state index in [1.54, 1.807) is 12.1 Å². The third-order valence-electron chi connectivity index (χ3n) is 4.63. The van der Waals surface area contributed by atoms with Crippen molar-refractivity contribution >= 4 is 5.91 Å². The summed E-state index contributed by atoms with van der Waals surface area (Å²) in [5.41, 5.74) is 3.39. The maximum Gasteiger partial charge on any atom is 0.237 e. The molecule has 2 atom stereocenters. The van der Waals surface area contributed by atoms with Gasteiger partial charge in [0.1, 0.15) is 5.82 Å². The maximum absolute atomic E-state index is 13.0. The minimum Gasteiger partial charge on any atom is -0.348 e. The fourth-order valence-electron chi connectivity index (χ4n) is 2.67. The van der Waals surface area contributed by atoms with Crippen molar-refractivity contribution in [2.75, 3.05) is 7.05 Å². The van der Waals surface area contributed by atoms with Gasteiger partial charge in [0.2, 0.25) is 5.91 Å². The Hall–Kier alpha value is -2.20. The van der Waals surface area contributed by atoms with E-state index in [1.807, 2.05) is 25.8 Å². The number of rotatable bonds is 7. The van der Waals surface area contributed by atoms with Crippen LogP contribution in [0.4, 0.5) is 4.39 Å². The first kappa shape index (κ1) is 19.1. The largest absolute Gasteiger partial charge is 0.348 e. The Morgan fingerprint density at radius 3 is 2.16 bits per heavy atom. The molecule has 2 unspecified atom stereocenters. The molecule has 1 N–H and O–H groups in total. The van der Waals surface area contributed by atoms with Crippen LogP contribution in [0, 0.1) is 5.82 Å². The standard InChI is InChI=1S/C21H27FN2O/c1-5-17-6-8-18(9-7-17)14-24(4)16(3)21(25)23-15(2)19-10-12-20(22)13-11-19/h6-13,15-16H,5,14H2,1-4H3,(H,23,25). The van der Waals surface area contributed by atoms with Crippen molar-refractivity contribution in [3.63, 3.8) is 0 Å². The summed E-state index contributed by atoms with van der Waals surface area (Å²) >= 11 is 0. The first-order valence-corrected chi connectivity index (χ1v) is 8.74. The van der Waals surface area contributed by atoms with Crippen LogP contribution in [0.1, 0.15) is 43.5 Å². The monoisotopic (exact) mass is 342 g/mol. The number of carbonyl (C=O) groups is 1. The van der Waals surface area contributed by atoms with Crippen LogP contribution in [0.15, 0.2) is 48.5 Å². The quantitative estimate of drug-likeness (QED) is 0.822. The fraction of sp³-hybridized carbons (Fsp3) is 0.381. The molecule has 0 spiro atoms. The van der Waals surface area contributed by atoms with Gasteiger partial charge >= 0.3 is 0 Å². The van der Waals surface area contributed by atoms with Gasteiger partial charge in [-0.2, -0.15) is 0 Å². The van der Waals surface area contributed by atoms with E-state index < -0.39 is 0 Å². The molecule has 1 amide bonds. The van der Waals surface area contributed by atoms with Crippen molar-refractivity contribution in [3.8, 4) is 0 Å². The summed E-state index contributed by atoms with van der Waals surface area (Å²) in [7, 11) is 1.94. The topological polar surface area (TPSA) is 32.3 Å². The summed E-state index contributed by atoms with van der Waals surface area (Å²) < 4.78 is 13.0. The molecule has 0 aliphatic heterocycles. The molecule has 0 fully saturated rings. The molecule has 134 valence electrons. The van der Waals surface area contributed by atoms with Crippen LogP contribution in [-0.4, -0.2) is 23.9 Å². The average Bonchev–Trinajstić information content (AvgIpc) is 2.62. The minimum absolute atomic E-state index is 0.0375. The average molecular weight is 342 g/mol. The number of aryl methyl sites for hydroxylation is 1. The molecule has 2 rings (SSSR count). The number of halogens is 1. The maximum atomic E-state index is 13.0. The number of nitrogens with zero attached hydrogens (tertiary/aromatic N) is 1. The molecule has 0 aromatic heterocycles. The number of nitrogens with one attached hydrogen (secondary N) is 1. The molecule has 3 nitrogen and oxygen atoms in total. The lowest BCUT2D eigenvalue weighted by atomic mass is 10.1. The number of carbonyl (C=O) groups excluding carboxylic acids is 1. The van der Waals surface area contributed by atoms with Crippen LogP contribution in [0.2, 0.25) is 0 Å². The molecule has 0 saturated carbocycles. The molecule has 0 heterocycles. The Morgan fingerprint density at radius 2 is 1.60 bits per heavy atom. The van der Waals surface area contributed by atoms with Crippen molar-refractivity contribution in [3.05, 3.63) is 71.0 Å². The molecule has 2 aromatic carbocycles. The Kier molecular flexibility index (Phi) is 6.71. The van der Waals surface area contributed by atoms with E-state index in [-0.39, 0.29) is 23.8 Å². The van der Waals surface area contributed by atoms with Crippen LogP contribution >= 0.6 is 0 Å². The smallest absolute Gasteiger partial charge is 0.237 e. The first-order chi connectivity index (χ1) is 11.9. The zero-order valence-electron chi connectivity index (χ0n) is 15.4. The van der Waals surface area contributed by atoms with E-state index in [4.69, 9.17) is 0 Å². The highest BCUT2D eigenvalue weighted by atomic mass is 19.1. The predicted molar refractivity (Wildman–Crippen MR) is 99.7 cm³/mol. The molecule has 25 heavy (non-hydrogen) atoms. The Bertz CT molecular complexity index is 682. The van der Waals surface area contributed by atoms with E-state index in [0.717, 1.165) is 12.0 Å². The van der Waals surface area contributed by atoms with Gasteiger partial charge in [0.25, 0.3) is 0 Å². The highest BCUT2D eigenvalue weighted by Gasteiger charge is 2.20. The van der Waals surface area contributed by atoms with Gasteiger partial charge in [0, 0.05) is 6.54 Å². The lowest BCUT2D eigenvalue weighted by Gasteiger charge is -2.26. The Labute approximate surface area is 149 Å². The van der Waals surface area contributed by atoms with Crippen molar-refractivity contribution < 1.29 is 9.18 Å². The lowest BCUT2D eigenvalue weighted by molar-refractivity contribution is -0.126. The summed E-state index contributed by atoms with van der Waals surface area (Å²) in [6, 6.07) is 14.3. The van der Waals surface area contributed by atoms with E-state index >= 15 is 0 Å². The number of hydrogen-bond donors (Lipinski definition) is 1. The molecule has 2 aromatic rings. The van der Waals surface area contributed by atoms with Gasteiger partial charge < -0.3 is 5.32 Å². The highest BCUT2D eigenvalue weighted by molar-refractivity contribution is 5.81. The zero-order chi connectivity index (χ0) is 18.4. The van der Waals surface area contributed by atoms with Crippen molar-refractivity contribution in [2.24, 2.45) is 0 Å². The van der Waals surface area contributed by atoms with Gasteiger partial charge in [-0.05, 0) is 56.1 Å². The molecule has 0 radical (unpaired) electrons. The van der Waals surface area contributed by atoms with Gasteiger partial charge in [-0.1, -0.05) is 43.3 Å². The summed E-state index contributed by atoms with van der Waals surface area (Å²) in [5, 5.41) is 3.00. The molecular formula is C21H27FN2O. The third kappa shape index (κ3) is 5.40. The molecule has 0 aliphatic rings. The van der Waals surface area contributed by atoms with E-state index in [2.05, 4.69) is 36.5 Å². The summed E-state index contributed by atoms with van der Waals surface area (Å²) in [6.45, 7) is 6.65. The van der Waals surface area contributed by atoms with Gasteiger partial charge in [0.05, 0.1) is 12.1 Å². The highest BCUT2D eigenvalue weighted by Crippen LogP contribution is 2.14. The number of likely N-dealkylation sites (N-methyl/N-ethyl adjacent to an activating group) is 1. The predicted octanol–water partition coefficient (Wildman–Crippen LogP) is 4.09. The Balaban J connectivity index is 1.92. The van der Waals surface area contributed by atoms with E-state index in [9.17, 15) is 9.18 Å². The third-order valence-corrected chi connectivity index (χ3v) is 4.63. The van der Waals surface area contributed by atoms with Crippen LogP contribution in [0.3, 0.4) is 0 Å². The minimum atomic E-state index is -0.274. The molecule has 0 aliphatic carbocycles. The van der Waals surface area contributed by atoms with Crippen LogP contribution in [0.5, 0.6) is 0 Å².